The molecule has 27 heavy (non-hydrogen) atoms. The first-order valence-corrected chi connectivity index (χ1v) is 9.19. The van der Waals surface area contributed by atoms with Crippen molar-refractivity contribution in [1.82, 2.24) is 15.0 Å². The smallest absolute Gasteiger partial charge is 0.258 e. The van der Waals surface area contributed by atoms with Gasteiger partial charge in [-0.25, -0.2) is 0 Å². The molecule has 1 aliphatic rings. The predicted molar refractivity (Wildman–Crippen MR) is 100 cm³/mol. The van der Waals surface area contributed by atoms with Crippen molar-refractivity contribution in [1.29, 1.82) is 0 Å². The van der Waals surface area contributed by atoms with Gasteiger partial charge in [0.1, 0.15) is 11.8 Å². The second-order valence-electron chi connectivity index (χ2n) is 6.41. The zero-order chi connectivity index (χ0) is 18.6. The van der Waals surface area contributed by atoms with Gasteiger partial charge in [-0.1, -0.05) is 47.6 Å². The number of amides is 1. The Morgan fingerprint density at radius 2 is 1.96 bits per heavy atom. The van der Waals surface area contributed by atoms with Crippen LogP contribution in [0.2, 0.25) is 0 Å². The van der Waals surface area contributed by atoms with Crippen LogP contribution in [0.25, 0.3) is 11.4 Å². The van der Waals surface area contributed by atoms with Crippen molar-refractivity contribution in [2.75, 3.05) is 13.2 Å². The molecule has 0 unspecified atom stereocenters. The van der Waals surface area contributed by atoms with Gasteiger partial charge < -0.3 is 14.2 Å². The standard InChI is InChI=1S/C21H21N3O3/c1-2-26-18-13-7-6-11-16(18)21(25)24-14-8-12-17(24)20-22-19(23-27-20)15-9-4-3-5-10-15/h3-7,9-11,13,17H,2,8,12,14H2,1H3/t17-/m1/s1. The van der Waals surface area contributed by atoms with E-state index >= 15 is 0 Å². The first kappa shape index (κ1) is 17.3. The van der Waals surface area contributed by atoms with E-state index in [4.69, 9.17) is 9.26 Å². The molecule has 0 saturated carbocycles. The van der Waals surface area contributed by atoms with E-state index in [1.54, 1.807) is 11.0 Å². The fourth-order valence-electron chi connectivity index (χ4n) is 3.42. The number of carbonyl (C=O) groups excluding carboxylic acids is 1. The van der Waals surface area contributed by atoms with Gasteiger partial charge in [-0.05, 0) is 31.9 Å². The molecule has 1 aliphatic heterocycles. The summed E-state index contributed by atoms with van der Waals surface area (Å²) in [7, 11) is 0. The molecule has 0 radical (unpaired) electrons. The molecular formula is C21H21N3O3. The largest absolute Gasteiger partial charge is 0.493 e. The van der Waals surface area contributed by atoms with Gasteiger partial charge in [0, 0.05) is 12.1 Å². The predicted octanol–water partition coefficient (Wildman–Crippen LogP) is 4.11. The molecule has 4 rings (SSSR count). The zero-order valence-electron chi connectivity index (χ0n) is 15.2. The van der Waals surface area contributed by atoms with E-state index in [1.165, 1.54) is 0 Å². The number of nitrogens with zero attached hydrogens (tertiary/aromatic N) is 3. The molecule has 2 heterocycles. The van der Waals surface area contributed by atoms with E-state index in [-0.39, 0.29) is 11.9 Å². The number of para-hydroxylation sites is 1. The summed E-state index contributed by atoms with van der Waals surface area (Å²) in [6, 6.07) is 16.8. The van der Waals surface area contributed by atoms with Crippen molar-refractivity contribution in [2.45, 2.75) is 25.8 Å². The van der Waals surface area contributed by atoms with Crippen LogP contribution in [0.1, 0.15) is 42.1 Å². The van der Waals surface area contributed by atoms with Gasteiger partial charge in [0.15, 0.2) is 0 Å². The number of ether oxygens (including phenoxy) is 1. The van der Waals surface area contributed by atoms with E-state index < -0.39 is 0 Å². The van der Waals surface area contributed by atoms with Crippen LogP contribution in [0.15, 0.2) is 59.1 Å². The summed E-state index contributed by atoms with van der Waals surface area (Å²) in [5.41, 5.74) is 1.46. The van der Waals surface area contributed by atoms with Gasteiger partial charge in [-0.15, -0.1) is 0 Å². The Morgan fingerprint density at radius 1 is 1.19 bits per heavy atom. The summed E-state index contributed by atoms with van der Waals surface area (Å²) in [6.45, 7) is 3.08. The SMILES string of the molecule is CCOc1ccccc1C(=O)N1CCC[C@@H]1c1nc(-c2ccccc2)no1. The molecule has 6 heteroatoms. The number of rotatable bonds is 5. The molecule has 0 spiro atoms. The quantitative estimate of drug-likeness (QED) is 0.682. The van der Waals surface area contributed by atoms with E-state index in [1.807, 2.05) is 55.5 Å². The monoisotopic (exact) mass is 363 g/mol. The lowest BCUT2D eigenvalue weighted by Gasteiger charge is -2.23. The van der Waals surface area contributed by atoms with Crippen LogP contribution in [-0.4, -0.2) is 34.1 Å². The lowest BCUT2D eigenvalue weighted by atomic mass is 10.1. The maximum atomic E-state index is 13.2. The normalized spacial score (nSPS) is 16.5. The lowest BCUT2D eigenvalue weighted by Crippen LogP contribution is -2.31. The molecule has 1 atom stereocenters. The minimum Gasteiger partial charge on any atom is -0.493 e. The first-order valence-electron chi connectivity index (χ1n) is 9.19. The molecule has 0 N–H and O–H groups in total. The number of hydrogen-bond acceptors (Lipinski definition) is 5. The van der Waals surface area contributed by atoms with E-state index in [9.17, 15) is 4.79 Å². The van der Waals surface area contributed by atoms with Crippen molar-refractivity contribution >= 4 is 5.91 Å². The third-order valence-electron chi connectivity index (χ3n) is 4.69. The molecule has 1 fully saturated rings. The molecule has 138 valence electrons. The third kappa shape index (κ3) is 3.43. The number of carbonyl (C=O) groups is 1. The summed E-state index contributed by atoms with van der Waals surface area (Å²) >= 11 is 0. The van der Waals surface area contributed by atoms with Crippen molar-refractivity contribution in [3.05, 3.63) is 66.1 Å². The summed E-state index contributed by atoms with van der Waals surface area (Å²) in [5.74, 6) is 1.56. The van der Waals surface area contributed by atoms with Crippen molar-refractivity contribution in [3.8, 4) is 17.1 Å². The Hall–Kier alpha value is -3.15. The zero-order valence-corrected chi connectivity index (χ0v) is 15.2. The van der Waals surface area contributed by atoms with Crippen LogP contribution in [0, 0.1) is 0 Å². The van der Waals surface area contributed by atoms with Crippen molar-refractivity contribution < 1.29 is 14.1 Å². The molecule has 0 aliphatic carbocycles. The summed E-state index contributed by atoms with van der Waals surface area (Å²) < 4.78 is 11.1. The van der Waals surface area contributed by atoms with Gasteiger partial charge in [0.25, 0.3) is 5.91 Å². The minimum atomic E-state index is -0.211. The van der Waals surface area contributed by atoms with E-state index in [0.29, 0.717) is 36.2 Å². The van der Waals surface area contributed by atoms with Gasteiger partial charge in [0.2, 0.25) is 11.7 Å². The second-order valence-corrected chi connectivity index (χ2v) is 6.41. The highest BCUT2D eigenvalue weighted by atomic mass is 16.5. The molecule has 3 aromatic rings. The number of benzene rings is 2. The third-order valence-corrected chi connectivity index (χ3v) is 4.69. The van der Waals surface area contributed by atoms with Crippen LogP contribution in [0.4, 0.5) is 0 Å². The Balaban J connectivity index is 1.60. The minimum absolute atomic E-state index is 0.0685. The molecule has 1 amide bonds. The molecular weight excluding hydrogens is 342 g/mol. The number of aromatic nitrogens is 2. The molecule has 1 saturated heterocycles. The van der Waals surface area contributed by atoms with Crippen LogP contribution >= 0.6 is 0 Å². The van der Waals surface area contributed by atoms with Gasteiger partial charge in [-0.3, -0.25) is 4.79 Å². The molecule has 6 nitrogen and oxygen atoms in total. The Bertz CT molecular complexity index is 923. The van der Waals surface area contributed by atoms with Crippen LogP contribution in [-0.2, 0) is 0 Å². The molecule has 2 aromatic carbocycles. The highest BCUT2D eigenvalue weighted by Crippen LogP contribution is 2.34. The average molecular weight is 363 g/mol. The second kappa shape index (κ2) is 7.61. The molecule has 0 bridgehead atoms. The Morgan fingerprint density at radius 3 is 2.78 bits per heavy atom. The van der Waals surface area contributed by atoms with Gasteiger partial charge in [-0.2, -0.15) is 4.98 Å². The van der Waals surface area contributed by atoms with E-state index in [0.717, 1.165) is 18.4 Å². The first-order chi connectivity index (χ1) is 13.3. The topological polar surface area (TPSA) is 68.5 Å². The van der Waals surface area contributed by atoms with Crippen molar-refractivity contribution in [2.24, 2.45) is 0 Å². The van der Waals surface area contributed by atoms with E-state index in [2.05, 4.69) is 10.1 Å². The van der Waals surface area contributed by atoms with Gasteiger partial charge in [0.05, 0.1) is 12.2 Å². The molecule has 1 aromatic heterocycles. The summed E-state index contributed by atoms with van der Waals surface area (Å²) in [4.78, 5) is 19.5. The van der Waals surface area contributed by atoms with Gasteiger partial charge >= 0.3 is 0 Å². The number of likely N-dealkylation sites (tertiary alicyclic amines) is 1. The summed E-state index contributed by atoms with van der Waals surface area (Å²) in [5, 5.41) is 4.10. The fourth-order valence-corrected chi connectivity index (χ4v) is 3.42. The summed E-state index contributed by atoms with van der Waals surface area (Å²) in [6.07, 6.45) is 1.70. The maximum absolute atomic E-state index is 13.2. The highest BCUT2D eigenvalue weighted by molar-refractivity contribution is 5.97. The number of hydrogen-bond donors (Lipinski definition) is 0. The lowest BCUT2D eigenvalue weighted by molar-refractivity contribution is 0.0706. The highest BCUT2D eigenvalue weighted by Gasteiger charge is 2.35. The van der Waals surface area contributed by atoms with Crippen molar-refractivity contribution in [3.63, 3.8) is 0 Å². The fraction of sp³-hybridized carbons (Fsp3) is 0.286. The van der Waals surface area contributed by atoms with Crippen LogP contribution < -0.4 is 4.74 Å². The average Bonchev–Trinajstić information content (AvgIpc) is 3.38. The maximum Gasteiger partial charge on any atom is 0.258 e. The Kier molecular flexibility index (Phi) is 4.87. The Labute approximate surface area is 157 Å². The van der Waals surface area contributed by atoms with Crippen LogP contribution in [0.3, 0.4) is 0 Å². The van der Waals surface area contributed by atoms with Crippen LogP contribution in [0.5, 0.6) is 5.75 Å².